The lowest BCUT2D eigenvalue weighted by molar-refractivity contribution is 1.30. The minimum Gasteiger partial charge on any atom is -0.237 e. The van der Waals surface area contributed by atoms with Crippen LogP contribution in [0.15, 0.2) is 43.2 Å². The van der Waals surface area contributed by atoms with Gasteiger partial charge in [0.1, 0.15) is 0 Å². The van der Waals surface area contributed by atoms with Gasteiger partial charge in [-0.1, -0.05) is 30.4 Å². The molecule has 0 aliphatic rings. The molecule has 2 nitrogen and oxygen atoms in total. The minimum atomic E-state index is 0.777. The van der Waals surface area contributed by atoms with E-state index in [0.29, 0.717) is 0 Å². The summed E-state index contributed by atoms with van der Waals surface area (Å²) in [6.45, 7) is 5.93. The Labute approximate surface area is 99.6 Å². The van der Waals surface area contributed by atoms with Gasteiger partial charge < -0.3 is 0 Å². The highest BCUT2D eigenvalue weighted by Crippen LogP contribution is 2.26. The Morgan fingerprint density at radius 3 is 2.88 bits per heavy atom. The summed E-state index contributed by atoms with van der Waals surface area (Å²) in [6.07, 6.45) is 5.50. The van der Waals surface area contributed by atoms with Crippen molar-refractivity contribution in [3.05, 3.63) is 54.4 Å². The molecule has 0 bridgehead atoms. The molecule has 82 valence electrons. The Morgan fingerprint density at radius 1 is 1.18 bits per heavy atom. The molecule has 0 amide bonds. The number of nitrogens with zero attached hydrogens (tertiary/aromatic N) is 2. The average molecular weight is 220 g/mol. The summed E-state index contributed by atoms with van der Waals surface area (Å²) in [5.74, 6) is 0. The third-order valence-electron chi connectivity index (χ3n) is 2.99. The number of aryl methyl sites for hydroxylation is 1. The second-order valence-corrected chi connectivity index (χ2v) is 4.15. The van der Waals surface area contributed by atoms with Gasteiger partial charge in [0.05, 0.1) is 0 Å². The number of pyridine rings is 2. The summed E-state index contributed by atoms with van der Waals surface area (Å²) in [5.41, 5.74) is 3.10. The van der Waals surface area contributed by atoms with Gasteiger partial charge >= 0.3 is 0 Å². The topological polar surface area (TPSA) is 25.8 Å². The van der Waals surface area contributed by atoms with Crippen LogP contribution >= 0.6 is 0 Å². The van der Waals surface area contributed by atoms with Crippen LogP contribution in [0.3, 0.4) is 0 Å². The van der Waals surface area contributed by atoms with E-state index in [-0.39, 0.29) is 0 Å². The lowest BCUT2D eigenvalue weighted by atomic mass is 10.0. The first-order valence-corrected chi connectivity index (χ1v) is 5.56. The predicted molar refractivity (Wildman–Crippen MR) is 71.9 cm³/mol. The van der Waals surface area contributed by atoms with Crippen molar-refractivity contribution >= 4 is 27.9 Å². The van der Waals surface area contributed by atoms with Crippen LogP contribution in [0.4, 0.5) is 0 Å². The molecule has 0 radical (unpaired) electrons. The fourth-order valence-corrected chi connectivity index (χ4v) is 2.16. The maximum Gasteiger partial charge on any atom is 0.160 e. The van der Waals surface area contributed by atoms with E-state index in [1.54, 1.807) is 6.20 Å². The molecule has 0 spiro atoms. The maximum atomic E-state index is 4.40. The summed E-state index contributed by atoms with van der Waals surface area (Å²) in [7, 11) is 0. The van der Waals surface area contributed by atoms with E-state index in [1.807, 2.05) is 18.3 Å². The number of benzene rings is 1. The minimum absolute atomic E-state index is 0.777. The molecule has 0 atom stereocenters. The van der Waals surface area contributed by atoms with E-state index in [1.165, 1.54) is 10.9 Å². The normalized spacial score (nSPS) is 10.9. The van der Waals surface area contributed by atoms with Gasteiger partial charge in [0.15, 0.2) is 5.65 Å². The highest BCUT2D eigenvalue weighted by Gasteiger charge is 2.05. The van der Waals surface area contributed by atoms with Crippen molar-refractivity contribution in [3.63, 3.8) is 0 Å². The van der Waals surface area contributed by atoms with Crippen LogP contribution in [0.1, 0.15) is 11.1 Å². The van der Waals surface area contributed by atoms with Crippen molar-refractivity contribution in [2.45, 2.75) is 6.92 Å². The van der Waals surface area contributed by atoms with E-state index >= 15 is 0 Å². The van der Waals surface area contributed by atoms with Crippen LogP contribution in [0.5, 0.6) is 0 Å². The van der Waals surface area contributed by atoms with Gasteiger partial charge in [-0.2, -0.15) is 0 Å². The molecule has 2 heteroatoms. The third kappa shape index (κ3) is 1.49. The van der Waals surface area contributed by atoms with Crippen molar-refractivity contribution in [2.24, 2.45) is 0 Å². The quantitative estimate of drug-likeness (QED) is 0.584. The second kappa shape index (κ2) is 3.67. The zero-order chi connectivity index (χ0) is 11.8. The first-order chi connectivity index (χ1) is 8.29. The molecule has 2 heterocycles. The maximum absolute atomic E-state index is 4.40. The Hall–Kier alpha value is -2.22. The van der Waals surface area contributed by atoms with Crippen molar-refractivity contribution < 1.29 is 0 Å². The van der Waals surface area contributed by atoms with Gasteiger partial charge in [-0.25, -0.2) is 9.97 Å². The predicted octanol–water partition coefficient (Wildman–Crippen LogP) is 3.73. The molecule has 17 heavy (non-hydrogen) atoms. The van der Waals surface area contributed by atoms with Gasteiger partial charge in [-0.15, -0.1) is 0 Å². The van der Waals surface area contributed by atoms with Crippen molar-refractivity contribution in [1.82, 2.24) is 9.97 Å². The van der Waals surface area contributed by atoms with E-state index in [2.05, 4.69) is 41.7 Å². The second-order valence-electron chi connectivity index (χ2n) is 4.15. The van der Waals surface area contributed by atoms with Crippen molar-refractivity contribution in [3.8, 4) is 0 Å². The van der Waals surface area contributed by atoms with E-state index in [4.69, 9.17) is 0 Å². The van der Waals surface area contributed by atoms with Gasteiger partial charge in [-0.05, 0) is 30.0 Å². The SMILES string of the molecule is C=Cc1ccnc2ncc3cc(C)ccc3c12. The van der Waals surface area contributed by atoms with Gasteiger partial charge in [0.2, 0.25) is 0 Å². The first kappa shape index (κ1) is 9.97. The molecule has 0 N–H and O–H groups in total. The van der Waals surface area contributed by atoms with Crippen molar-refractivity contribution in [2.75, 3.05) is 0 Å². The third-order valence-corrected chi connectivity index (χ3v) is 2.99. The van der Waals surface area contributed by atoms with Gasteiger partial charge in [-0.3, -0.25) is 0 Å². The Kier molecular flexibility index (Phi) is 2.15. The Morgan fingerprint density at radius 2 is 2.06 bits per heavy atom. The molecule has 0 saturated heterocycles. The molecule has 0 aliphatic heterocycles. The lowest BCUT2D eigenvalue weighted by Crippen LogP contribution is -1.88. The molecule has 0 aliphatic carbocycles. The molecule has 1 aromatic carbocycles. The summed E-state index contributed by atoms with van der Waals surface area (Å²) in [6, 6.07) is 8.35. The summed E-state index contributed by atoms with van der Waals surface area (Å²) < 4.78 is 0. The van der Waals surface area contributed by atoms with Crippen LogP contribution < -0.4 is 0 Å². The fourth-order valence-electron chi connectivity index (χ4n) is 2.16. The summed E-state index contributed by atoms with van der Waals surface area (Å²) >= 11 is 0. The first-order valence-electron chi connectivity index (χ1n) is 5.56. The van der Waals surface area contributed by atoms with Crippen LogP contribution in [0.25, 0.3) is 27.9 Å². The highest BCUT2D eigenvalue weighted by atomic mass is 14.8. The molecule has 2 aromatic heterocycles. The highest BCUT2D eigenvalue weighted by molar-refractivity contribution is 6.08. The largest absolute Gasteiger partial charge is 0.237 e. The molecule has 3 rings (SSSR count). The Bertz CT molecular complexity index is 729. The number of rotatable bonds is 1. The van der Waals surface area contributed by atoms with Crippen LogP contribution in [-0.4, -0.2) is 9.97 Å². The zero-order valence-electron chi connectivity index (χ0n) is 9.64. The lowest BCUT2D eigenvalue weighted by Gasteiger charge is -2.06. The van der Waals surface area contributed by atoms with Crippen LogP contribution in [0, 0.1) is 6.92 Å². The van der Waals surface area contributed by atoms with Gasteiger partial charge in [0.25, 0.3) is 0 Å². The molecule has 0 fully saturated rings. The number of hydrogen-bond acceptors (Lipinski definition) is 2. The van der Waals surface area contributed by atoms with Gasteiger partial charge in [0, 0.05) is 23.2 Å². The smallest absolute Gasteiger partial charge is 0.160 e. The van der Waals surface area contributed by atoms with E-state index in [0.717, 1.165) is 22.0 Å². The van der Waals surface area contributed by atoms with E-state index < -0.39 is 0 Å². The summed E-state index contributed by atoms with van der Waals surface area (Å²) in [4.78, 5) is 8.70. The molecule has 3 aromatic rings. The molecule has 0 saturated carbocycles. The standard InChI is InChI=1S/C15H12N2/c1-3-11-6-7-16-15-14(11)13-5-4-10(2)8-12(13)9-17-15/h3-9H,1H2,2H3. The molecular formula is C15H12N2. The van der Waals surface area contributed by atoms with Crippen molar-refractivity contribution in [1.29, 1.82) is 0 Å². The number of aromatic nitrogens is 2. The molecule has 0 unspecified atom stereocenters. The zero-order valence-corrected chi connectivity index (χ0v) is 9.64. The molecular weight excluding hydrogens is 208 g/mol. The number of hydrogen-bond donors (Lipinski definition) is 0. The number of fused-ring (bicyclic) bond motifs is 3. The Balaban J connectivity index is 2.57. The summed E-state index contributed by atoms with van der Waals surface area (Å²) in [5, 5.41) is 3.41. The van der Waals surface area contributed by atoms with Crippen LogP contribution in [-0.2, 0) is 0 Å². The monoisotopic (exact) mass is 220 g/mol. The van der Waals surface area contributed by atoms with E-state index in [9.17, 15) is 0 Å². The van der Waals surface area contributed by atoms with Crippen LogP contribution in [0.2, 0.25) is 0 Å². The average Bonchev–Trinajstić information content (AvgIpc) is 2.37. The fraction of sp³-hybridized carbons (Fsp3) is 0.0667.